The Hall–Kier alpha value is -3.62. The van der Waals surface area contributed by atoms with Gasteiger partial charge in [-0.1, -0.05) is 29.8 Å². The molecule has 168 valence electrons. The Kier molecular flexibility index (Phi) is 5.28. The third-order valence-electron chi connectivity index (χ3n) is 5.99. The number of rotatable bonds is 5. The number of anilines is 1. The summed E-state index contributed by atoms with van der Waals surface area (Å²) in [4.78, 5) is 43.8. The van der Waals surface area contributed by atoms with Gasteiger partial charge in [0.05, 0.1) is 5.69 Å². The van der Waals surface area contributed by atoms with Gasteiger partial charge in [0.25, 0.3) is 5.56 Å². The van der Waals surface area contributed by atoms with Gasteiger partial charge in [-0.25, -0.2) is 9.78 Å². The summed E-state index contributed by atoms with van der Waals surface area (Å²) in [5, 5.41) is 12.0. The molecule has 2 N–H and O–H groups in total. The van der Waals surface area contributed by atoms with E-state index in [9.17, 15) is 19.5 Å². The van der Waals surface area contributed by atoms with Crippen molar-refractivity contribution in [1.29, 1.82) is 0 Å². The lowest BCUT2D eigenvalue weighted by molar-refractivity contribution is -0.146. The van der Waals surface area contributed by atoms with E-state index in [4.69, 9.17) is 0 Å². The van der Waals surface area contributed by atoms with Crippen LogP contribution in [-0.2, 0) is 16.6 Å². The molecule has 0 unspecified atom stereocenters. The fourth-order valence-corrected chi connectivity index (χ4v) is 4.05. The number of aliphatic carboxylic acids is 1. The van der Waals surface area contributed by atoms with Gasteiger partial charge in [0, 0.05) is 31.4 Å². The van der Waals surface area contributed by atoms with Gasteiger partial charge in [-0.05, 0) is 33.6 Å². The van der Waals surface area contributed by atoms with Gasteiger partial charge in [0.1, 0.15) is 17.4 Å². The molecule has 1 fully saturated rings. The summed E-state index contributed by atoms with van der Waals surface area (Å²) in [6.07, 6.45) is 3.05. The van der Waals surface area contributed by atoms with Gasteiger partial charge >= 0.3 is 5.97 Å². The van der Waals surface area contributed by atoms with Crippen LogP contribution in [0, 0.1) is 6.92 Å². The van der Waals surface area contributed by atoms with Crippen molar-refractivity contribution in [2.75, 3.05) is 11.4 Å². The first-order valence-electron chi connectivity index (χ1n) is 10.6. The van der Waals surface area contributed by atoms with Crippen LogP contribution < -0.4 is 15.8 Å². The van der Waals surface area contributed by atoms with Crippen molar-refractivity contribution in [3.63, 3.8) is 0 Å². The molecule has 32 heavy (non-hydrogen) atoms. The SMILES string of the molecule is Cc1ccc(-c2cn3c(=O)cc(N4CCC[C@H]4C(=O)NC(C)(C)C(=O)O)n(C)c3n2)cc1. The van der Waals surface area contributed by atoms with Gasteiger partial charge in [-0.3, -0.25) is 14.0 Å². The fourth-order valence-electron chi connectivity index (χ4n) is 4.05. The first kappa shape index (κ1) is 21.6. The molecule has 2 aromatic heterocycles. The number of carbonyl (C=O) groups is 2. The van der Waals surface area contributed by atoms with E-state index in [0.717, 1.165) is 17.5 Å². The van der Waals surface area contributed by atoms with Crippen molar-refractivity contribution in [3.8, 4) is 11.3 Å². The molecule has 1 amide bonds. The van der Waals surface area contributed by atoms with E-state index in [-0.39, 0.29) is 11.5 Å². The minimum atomic E-state index is -1.38. The van der Waals surface area contributed by atoms with Crippen LogP contribution in [0.5, 0.6) is 0 Å². The second kappa shape index (κ2) is 7.81. The molecule has 4 rings (SSSR count). The summed E-state index contributed by atoms with van der Waals surface area (Å²) in [6, 6.07) is 8.86. The minimum Gasteiger partial charge on any atom is -0.480 e. The quantitative estimate of drug-likeness (QED) is 0.632. The van der Waals surface area contributed by atoms with Crippen LogP contribution >= 0.6 is 0 Å². The van der Waals surface area contributed by atoms with Gasteiger partial charge in [0.2, 0.25) is 11.7 Å². The van der Waals surface area contributed by atoms with Crippen molar-refractivity contribution in [2.45, 2.75) is 45.2 Å². The number of carbonyl (C=O) groups excluding carboxylic acids is 1. The summed E-state index contributed by atoms with van der Waals surface area (Å²) >= 11 is 0. The van der Waals surface area contributed by atoms with Gasteiger partial charge in [-0.15, -0.1) is 0 Å². The second-order valence-corrected chi connectivity index (χ2v) is 8.83. The molecule has 0 aliphatic carbocycles. The molecule has 1 aliphatic heterocycles. The molecule has 0 saturated carbocycles. The van der Waals surface area contributed by atoms with Crippen molar-refractivity contribution in [2.24, 2.45) is 7.05 Å². The van der Waals surface area contributed by atoms with Crippen LogP contribution in [0.4, 0.5) is 5.82 Å². The lowest BCUT2D eigenvalue weighted by Crippen LogP contribution is -2.55. The number of nitrogens with one attached hydrogen (secondary N) is 1. The Bertz CT molecular complexity index is 1260. The number of carboxylic acids is 1. The number of carboxylic acid groups (broad SMARTS) is 1. The van der Waals surface area contributed by atoms with Crippen LogP contribution in [0.15, 0.2) is 41.3 Å². The standard InChI is InChI=1S/C23H27N5O4/c1-14-7-9-15(10-8-14)16-13-28-19(29)12-18(26(4)22(28)24-16)27-11-5-6-17(27)20(30)25-23(2,3)21(31)32/h7-10,12-13,17H,5-6,11H2,1-4H3,(H,25,30)(H,31,32)/t17-/m0/s1. The summed E-state index contributed by atoms with van der Waals surface area (Å²) in [7, 11) is 1.81. The van der Waals surface area contributed by atoms with Gasteiger partial charge < -0.3 is 19.9 Å². The number of amides is 1. The van der Waals surface area contributed by atoms with Crippen molar-refractivity contribution in [3.05, 3.63) is 52.4 Å². The lowest BCUT2D eigenvalue weighted by atomic mass is 10.0. The largest absolute Gasteiger partial charge is 0.480 e. The number of aromatic nitrogens is 3. The molecular weight excluding hydrogens is 410 g/mol. The topological polar surface area (TPSA) is 109 Å². The molecular formula is C23H27N5O4. The first-order valence-corrected chi connectivity index (χ1v) is 10.6. The Morgan fingerprint density at radius 2 is 1.91 bits per heavy atom. The Labute approximate surface area is 185 Å². The van der Waals surface area contributed by atoms with E-state index in [2.05, 4.69) is 10.3 Å². The molecule has 0 spiro atoms. The highest BCUT2D eigenvalue weighted by Crippen LogP contribution is 2.27. The maximum Gasteiger partial charge on any atom is 0.328 e. The van der Waals surface area contributed by atoms with Crippen LogP contribution in [-0.4, -0.2) is 49.1 Å². The molecule has 0 bridgehead atoms. The zero-order chi connectivity index (χ0) is 23.2. The number of aryl methyl sites for hydroxylation is 2. The summed E-state index contributed by atoms with van der Waals surface area (Å²) in [5.74, 6) is -0.425. The minimum absolute atomic E-state index is 0.240. The third kappa shape index (κ3) is 3.74. The number of fused-ring (bicyclic) bond motifs is 1. The number of nitrogens with zero attached hydrogens (tertiary/aromatic N) is 4. The third-order valence-corrected chi connectivity index (χ3v) is 5.99. The van der Waals surface area contributed by atoms with E-state index in [1.807, 2.05) is 43.1 Å². The van der Waals surface area contributed by atoms with Crippen molar-refractivity contribution >= 4 is 23.5 Å². The molecule has 1 atom stereocenters. The summed E-state index contributed by atoms with van der Waals surface area (Å²) < 4.78 is 3.30. The maximum absolute atomic E-state index is 12.9. The molecule has 3 aromatic rings. The van der Waals surface area contributed by atoms with Crippen molar-refractivity contribution < 1.29 is 14.7 Å². The van der Waals surface area contributed by atoms with E-state index >= 15 is 0 Å². The van der Waals surface area contributed by atoms with E-state index in [1.165, 1.54) is 24.3 Å². The fraction of sp³-hybridized carbons (Fsp3) is 0.391. The normalized spacial score (nSPS) is 16.5. The Morgan fingerprint density at radius 1 is 1.22 bits per heavy atom. The molecule has 1 saturated heterocycles. The number of benzene rings is 1. The lowest BCUT2D eigenvalue weighted by Gasteiger charge is -2.30. The Morgan fingerprint density at radius 3 is 2.56 bits per heavy atom. The van der Waals surface area contributed by atoms with Crippen LogP contribution in [0.2, 0.25) is 0 Å². The molecule has 3 heterocycles. The van der Waals surface area contributed by atoms with Crippen LogP contribution in [0.25, 0.3) is 17.0 Å². The molecule has 1 aromatic carbocycles. The predicted molar refractivity (Wildman–Crippen MR) is 121 cm³/mol. The average Bonchev–Trinajstić information content (AvgIpc) is 3.39. The highest BCUT2D eigenvalue weighted by molar-refractivity contribution is 5.91. The maximum atomic E-state index is 12.9. The van der Waals surface area contributed by atoms with E-state index < -0.39 is 17.6 Å². The zero-order valence-electron chi connectivity index (χ0n) is 18.6. The summed E-state index contributed by atoms with van der Waals surface area (Å²) in [6.45, 7) is 5.49. The summed E-state index contributed by atoms with van der Waals surface area (Å²) in [5.41, 5.74) is 1.12. The number of hydrogen-bond donors (Lipinski definition) is 2. The van der Waals surface area contributed by atoms with Crippen LogP contribution in [0.1, 0.15) is 32.3 Å². The molecule has 1 aliphatic rings. The number of hydrogen-bond acceptors (Lipinski definition) is 5. The average molecular weight is 438 g/mol. The highest BCUT2D eigenvalue weighted by atomic mass is 16.4. The molecule has 9 nitrogen and oxygen atoms in total. The Balaban J connectivity index is 1.71. The van der Waals surface area contributed by atoms with E-state index in [0.29, 0.717) is 30.3 Å². The number of imidazole rings is 1. The highest BCUT2D eigenvalue weighted by Gasteiger charge is 2.37. The van der Waals surface area contributed by atoms with Gasteiger partial charge in [-0.2, -0.15) is 0 Å². The van der Waals surface area contributed by atoms with Crippen LogP contribution in [0.3, 0.4) is 0 Å². The first-order chi connectivity index (χ1) is 15.1. The monoisotopic (exact) mass is 437 g/mol. The smallest absolute Gasteiger partial charge is 0.328 e. The molecule has 0 radical (unpaired) electrons. The zero-order valence-corrected chi connectivity index (χ0v) is 18.6. The molecule has 9 heteroatoms. The van der Waals surface area contributed by atoms with E-state index in [1.54, 1.807) is 10.8 Å². The predicted octanol–water partition coefficient (Wildman–Crippen LogP) is 1.96. The van der Waals surface area contributed by atoms with Gasteiger partial charge in [0.15, 0.2) is 0 Å². The van der Waals surface area contributed by atoms with Crippen molar-refractivity contribution in [1.82, 2.24) is 19.3 Å². The second-order valence-electron chi connectivity index (χ2n) is 8.83.